The largest absolute Gasteiger partial charge is 0.391 e. The van der Waals surface area contributed by atoms with Gasteiger partial charge in [-0.3, -0.25) is 4.55 Å². The Morgan fingerprint density at radius 2 is 2.31 bits per heavy atom. The number of hydrogen-bond acceptors (Lipinski definition) is 5. The summed E-state index contributed by atoms with van der Waals surface area (Å²) in [5, 5.41) is 0. The SMILES string of the molecule is CSOc1nccn1CCCCS(=O)(=O)O. The fourth-order valence-corrected chi connectivity index (χ4v) is 2.05. The van der Waals surface area contributed by atoms with E-state index in [2.05, 4.69) is 4.98 Å². The molecule has 0 aliphatic heterocycles. The Labute approximate surface area is 99.0 Å². The minimum atomic E-state index is -3.85. The van der Waals surface area contributed by atoms with Gasteiger partial charge in [0.05, 0.1) is 17.8 Å². The Morgan fingerprint density at radius 1 is 1.56 bits per heavy atom. The molecule has 0 saturated heterocycles. The molecular formula is C8H14N2O4S2. The number of nitrogens with zero attached hydrogens (tertiary/aromatic N) is 2. The molecule has 1 heterocycles. The normalized spacial score (nSPS) is 11.6. The second-order valence-electron chi connectivity index (χ2n) is 3.15. The van der Waals surface area contributed by atoms with Crippen LogP contribution in [-0.4, -0.2) is 34.5 Å². The molecule has 0 amide bonds. The molecule has 16 heavy (non-hydrogen) atoms. The summed E-state index contributed by atoms with van der Waals surface area (Å²) < 4.78 is 36.4. The van der Waals surface area contributed by atoms with Crippen molar-refractivity contribution in [2.75, 3.05) is 12.0 Å². The molecule has 0 unspecified atom stereocenters. The van der Waals surface area contributed by atoms with Crippen LogP contribution in [0.2, 0.25) is 0 Å². The summed E-state index contributed by atoms with van der Waals surface area (Å²) in [4.78, 5) is 3.99. The minimum Gasteiger partial charge on any atom is -0.391 e. The van der Waals surface area contributed by atoms with E-state index in [4.69, 9.17) is 8.74 Å². The zero-order chi connectivity index (χ0) is 12.0. The fraction of sp³-hybridized carbons (Fsp3) is 0.625. The summed E-state index contributed by atoms with van der Waals surface area (Å²) in [6.45, 7) is 0.616. The van der Waals surface area contributed by atoms with Gasteiger partial charge in [-0.25, -0.2) is 4.98 Å². The minimum absolute atomic E-state index is 0.208. The van der Waals surface area contributed by atoms with E-state index < -0.39 is 10.1 Å². The van der Waals surface area contributed by atoms with E-state index in [0.29, 0.717) is 25.4 Å². The molecule has 8 heteroatoms. The predicted octanol–water partition coefficient (Wildman–Crippen LogP) is 1.21. The van der Waals surface area contributed by atoms with Gasteiger partial charge in [-0.05, 0) is 12.8 Å². The van der Waals surface area contributed by atoms with Gasteiger partial charge < -0.3 is 8.75 Å². The van der Waals surface area contributed by atoms with Gasteiger partial charge in [-0.1, -0.05) is 0 Å². The first-order chi connectivity index (χ1) is 7.53. The average molecular weight is 266 g/mol. The summed E-state index contributed by atoms with van der Waals surface area (Å²) in [5.74, 6) is -0.208. The van der Waals surface area contributed by atoms with Gasteiger partial charge in [0.2, 0.25) is 0 Å². The van der Waals surface area contributed by atoms with E-state index in [1.807, 2.05) is 0 Å². The van der Waals surface area contributed by atoms with Crippen LogP contribution in [0.25, 0.3) is 0 Å². The molecule has 0 aromatic carbocycles. The molecule has 0 fully saturated rings. The van der Waals surface area contributed by atoms with Gasteiger partial charge in [-0.2, -0.15) is 8.42 Å². The second kappa shape index (κ2) is 6.12. The summed E-state index contributed by atoms with van der Waals surface area (Å²) in [6, 6.07) is 0.499. The van der Waals surface area contributed by atoms with E-state index in [0.717, 1.165) is 0 Å². The fourth-order valence-electron chi connectivity index (χ4n) is 1.20. The molecular weight excluding hydrogens is 252 g/mol. The lowest BCUT2D eigenvalue weighted by molar-refractivity contribution is 0.475. The highest BCUT2D eigenvalue weighted by atomic mass is 32.2. The highest BCUT2D eigenvalue weighted by molar-refractivity contribution is 7.94. The van der Waals surface area contributed by atoms with Gasteiger partial charge in [0, 0.05) is 25.2 Å². The van der Waals surface area contributed by atoms with E-state index in [1.165, 1.54) is 12.0 Å². The molecule has 0 bridgehead atoms. The molecule has 0 spiro atoms. The highest BCUT2D eigenvalue weighted by Gasteiger charge is 2.06. The van der Waals surface area contributed by atoms with Crippen molar-refractivity contribution in [2.45, 2.75) is 19.4 Å². The van der Waals surface area contributed by atoms with Gasteiger partial charge in [0.1, 0.15) is 0 Å². The van der Waals surface area contributed by atoms with E-state index >= 15 is 0 Å². The van der Waals surface area contributed by atoms with E-state index in [9.17, 15) is 8.42 Å². The third kappa shape index (κ3) is 4.86. The topological polar surface area (TPSA) is 81.4 Å². The molecule has 1 aromatic heterocycles. The quantitative estimate of drug-likeness (QED) is 0.454. The Bertz CT molecular complexity index is 415. The molecule has 0 aliphatic rings. The van der Waals surface area contributed by atoms with Crippen molar-refractivity contribution in [3.8, 4) is 6.01 Å². The van der Waals surface area contributed by atoms with Gasteiger partial charge in [0.25, 0.3) is 10.1 Å². The molecule has 92 valence electrons. The van der Waals surface area contributed by atoms with E-state index in [-0.39, 0.29) is 5.75 Å². The third-order valence-corrected chi connectivity index (χ3v) is 3.01. The Kier molecular flexibility index (Phi) is 5.10. The average Bonchev–Trinajstić information content (AvgIpc) is 2.60. The molecule has 1 N–H and O–H groups in total. The molecule has 1 rings (SSSR count). The molecule has 1 aromatic rings. The van der Waals surface area contributed by atoms with Crippen molar-refractivity contribution < 1.29 is 17.2 Å². The summed E-state index contributed by atoms with van der Waals surface area (Å²) in [7, 11) is -3.85. The highest BCUT2D eigenvalue weighted by Crippen LogP contribution is 2.13. The van der Waals surface area contributed by atoms with Crippen LogP contribution >= 0.6 is 12.0 Å². The van der Waals surface area contributed by atoms with Gasteiger partial charge >= 0.3 is 6.01 Å². The zero-order valence-electron chi connectivity index (χ0n) is 8.87. The lowest BCUT2D eigenvalue weighted by Crippen LogP contribution is -2.06. The Balaban J connectivity index is 2.34. The maximum absolute atomic E-state index is 10.5. The number of unbranched alkanes of at least 4 members (excludes halogenated alkanes) is 1. The maximum Gasteiger partial charge on any atom is 0.308 e. The summed E-state index contributed by atoms with van der Waals surface area (Å²) in [6.07, 6.45) is 6.22. The number of rotatable bonds is 7. The molecule has 0 saturated carbocycles. The van der Waals surface area contributed by atoms with Crippen LogP contribution in [0.5, 0.6) is 6.01 Å². The van der Waals surface area contributed by atoms with Crippen molar-refractivity contribution in [3.63, 3.8) is 0 Å². The van der Waals surface area contributed by atoms with Crippen LogP contribution in [-0.2, 0) is 16.7 Å². The number of hydrogen-bond donors (Lipinski definition) is 1. The first-order valence-corrected chi connectivity index (χ1v) is 7.46. The Hall–Kier alpha value is -0.730. The molecule has 0 atom stereocenters. The van der Waals surface area contributed by atoms with Crippen LogP contribution < -0.4 is 4.18 Å². The van der Waals surface area contributed by atoms with E-state index in [1.54, 1.807) is 23.2 Å². The Morgan fingerprint density at radius 3 is 2.94 bits per heavy atom. The van der Waals surface area contributed by atoms with Crippen LogP contribution in [0.15, 0.2) is 12.4 Å². The lowest BCUT2D eigenvalue weighted by atomic mass is 10.3. The van der Waals surface area contributed by atoms with Crippen molar-refractivity contribution in [3.05, 3.63) is 12.4 Å². The van der Waals surface area contributed by atoms with Gasteiger partial charge in [0.15, 0.2) is 0 Å². The molecule has 0 radical (unpaired) electrons. The summed E-state index contributed by atoms with van der Waals surface area (Å²) in [5.41, 5.74) is 0. The van der Waals surface area contributed by atoms with Crippen LogP contribution in [0, 0.1) is 0 Å². The monoisotopic (exact) mass is 266 g/mol. The maximum atomic E-state index is 10.5. The van der Waals surface area contributed by atoms with Crippen molar-refractivity contribution in [1.82, 2.24) is 9.55 Å². The van der Waals surface area contributed by atoms with Crippen molar-refractivity contribution >= 4 is 22.2 Å². The van der Waals surface area contributed by atoms with Crippen LogP contribution in [0.1, 0.15) is 12.8 Å². The lowest BCUT2D eigenvalue weighted by Gasteiger charge is -2.05. The zero-order valence-corrected chi connectivity index (χ0v) is 10.5. The van der Waals surface area contributed by atoms with Crippen LogP contribution in [0.3, 0.4) is 0 Å². The second-order valence-corrected chi connectivity index (χ2v) is 5.22. The van der Waals surface area contributed by atoms with Gasteiger partial charge in [-0.15, -0.1) is 0 Å². The first kappa shape index (κ1) is 13.3. The number of imidazole rings is 1. The standard InChI is InChI=1S/C8H14N2O4S2/c1-15-14-8-9-4-6-10(8)5-2-3-7-16(11,12)13/h4,6H,2-3,5,7H2,1H3,(H,11,12,13). The number of aryl methyl sites for hydroxylation is 1. The third-order valence-electron chi connectivity index (χ3n) is 1.89. The summed E-state index contributed by atoms with van der Waals surface area (Å²) >= 11 is 1.20. The molecule has 0 aliphatic carbocycles. The molecule has 6 nitrogen and oxygen atoms in total. The van der Waals surface area contributed by atoms with Crippen molar-refractivity contribution in [1.29, 1.82) is 0 Å². The van der Waals surface area contributed by atoms with Crippen molar-refractivity contribution in [2.24, 2.45) is 0 Å². The first-order valence-electron chi connectivity index (χ1n) is 4.70. The smallest absolute Gasteiger partial charge is 0.308 e. The number of aromatic nitrogens is 2. The van der Waals surface area contributed by atoms with Crippen LogP contribution in [0.4, 0.5) is 0 Å². The predicted molar refractivity (Wildman–Crippen MR) is 62.0 cm³/mol.